The van der Waals surface area contributed by atoms with E-state index in [4.69, 9.17) is 5.84 Å². The zero-order valence-electron chi connectivity index (χ0n) is 10.4. The highest BCUT2D eigenvalue weighted by molar-refractivity contribution is 5.48. The summed E-state index contributed by atoms with van der Waals surface area (Å²) < 4.78 is 0. The van der Waals surface area contributed by atoms with Crippen LogP contribution in [0.4, 0.5) is 11.6 Å². The maximum atomic E-state index is 5.37. The molecule has 2 heterocycles. The summed E-state index contributed by atoms with van der Waals surface area (Å²) in [6.07, 6.45) is 2.70. The van der Waals surface area contributed by atoms with Gasteiger partial charge in [0.2, 0.25) is 0 Å². The third-order valence-electron chi connectivity index (χ3n) is 3.14. The van der Waals surface area contributed by atoms with Crippen LogP contribution in [0.2, 0.25) is 0 Å². The van der Waals surface area contributed by atoms with Crippen LogP contribution in [0.5, 0.6) is 0 Å². The molecule has 1 saturated heterocycles. The van der Waals surface area contributed by atoms with E-state index in [1.165, 1.54) is 0 Å². The van der Waals surface area contributed by atoms with Gasteiger partial charge in [0.05, 0.1) is 0 Å². The number of nitrogens with two attached hydrogens (primary N) is 1. The van der Waals surface area contributed by atoms with Gasteiger partial charge in [0.25, 0.3) is 0 Å². The van der Waals surface area contributed by atoms with Crippen molar-refractivity contribution in [1.29, 1.82) is 0 Å². The van der Waals surface area contributed by atoms with E-state index in [9.17, 15) is 0 Å². The second-order valence-electron chi connectivity index (χ2n) is 4.56. The van der Waals surface area contributed by atoms with Crippen molar-refractivity contribution >= 4 is 11.6 Å². The summed E-state index contributed by atoms with van der Waals surface area (Å²) in [5, 5.41) is 0. The van der Waals surface area contributed by atoms with Gasteiger partial charge in [-0.25, -0.2) is 15.8 Å². The Kier molecular flexibility index (Phi) is 3.75. The Labute approximate surface area is 102 Å². The van der Waals surface area contributed by atoms with E-state index in [0.29, 0.717) is 11.9 Å². The van der Waals surface area contributed by atoms with Crippen LogP contribution in [-0.2, 0) is 0 Å². The highest BCUT2D eigenvalue weighted by Crippen LogP contribution is 2.19. The summed E-state index contributed by atoms with van der Waals surface area (Å²) in [5.74, 6) is 6.96. The molecule has 94 valence electrons. The van der Waals surface area contributed by atoms with Gasteiger partial charge in [-0.15, -0.1) is 0 Å². The molecule has 1 fully saturated rings. The van der Waals surface area contributed by atoms with Gasteiger partial charge in [0, 0.05) is 25.2 Å². The predicted octanol–water partition coefficient (Wildman–Crippen LogP) is 0.293. The number of nitrogens with zero attached hydrogens (tertiary/aromatic N) is 4. The van der Waals surface area contributed by atoms with Gasteiger partial charge in [-0.3, -0.25) is 0 Å². The quantitative estimate of drug-likeness (QED) is 0.568. The minimum Gasteiger partial charge on any atom is -0.352 e. The molecule has 0 aromatic carbocycles. The van der Waals surface area contributed by atoms with Crippen molar-refractivity contribution < 1.29 is 0 Å². The van der Waals surface area contributed by atoms with Gasteiger partial charge in [-0.2, -0.15) is 0 Å². The van der Waals surface area contributed by atoms with Crippen molar-refractivity contribution in [3.8, 4) is 0 Å². The van der Waals surface area contributed by atoms with Crippen LogP contribution in [0.25, 0.3) is 0 Å². The monoisotopic (exact) mass is 236 g/mol. The number of likely N-dealkylation sites (N-methyl/N-ethyl adjacent to an activating group) is 1. The first-order valence-electron chi connectivity index (χ1n) is 5.94. The maximum Gasteiger partial charge on any atom is 0.145 e. The van der Waals surface area contributed by atoms with E-state index in [0.717, 1.165) is 31.9 Å². The minimum atomic E-state index is 0.447. The number of hydrazine groups is 1. The van der Waals surface area contributed by atoms with Crippen LogP contribution < -0.4 is 16.2 Å². The van der Waals surface area contributed by atoms with Crippen LogP contribution in [-0.4, -0.2) is 47.6 Å². The number of hydrogen-bond donors (Lipinski definition) is 2. The molecular formula is C11H20N6. The fourth-order valence-electron chi connectivity index (χ4n) is 2.30. The first kappa shape index (κ1) is 12.1. The van der Waals surface area contributed by atoms with Gasteiger partial charge in [-0.1, -0.05) is 0 Å². The normalized spacial score (nSPS) is 22.3. The van der Waals surface area contributed by atoms with Gasteiger partial charge in [0.15, 0.2) is 0 Å². The van der Waals surface area contributed by atoms with Crippen LogP contribution in [0.3, 0.4) is 0 Å². The SMILES string of the molecule is CC1CN(C)CCCN1c1cc(NN)ncn1. The summed E-state index contributed by atoms with van der Waals surface area (Å²) in [6, 6.07) is 2.34. The van der Waals surface area contributed by atoms with E-state index < -0.39 is 0 Å². The van der Waals surface area contributed by atoms with Crippen molar-refractivity contribution in [3.05, 3.63) is 12.4 Å². The van der Waals surface area contributed by atoms with Crippen LogP contribution in [0, 0.1) is 0 Å². The molecule has 1 atom stereocenters. The van der Waals surface area contributed by atoms with Gasteiger partial charge in [0.1, 0.15) is 18.0 Å². The van der Waals surface area contributed by atoms with Crippen LogP contribution >= 0.6 is 0 Å². The van der Waals surface area contributed by atoms with Crippen molar-refractivity contribution in [1.82, 2.24) is 14.9 Å². The Morgan fingerprint density at radius 2 is 2.24 bits per heavy atom. The lowest BCUT2D eigenvalue weighted by Crippen LogP contribution is -2.38. The Balaban J connectivity index is 2.19. The minimum absolute atomic E-state index is 0.447. The topological polar surface area (TPSA) is 70.3 Å². The van der Waals surface area contributed by atoms with Crippen molar-refractivity contribution in [2.24, 2.45) is 5.84 Å². The molecule has 1 aliphatic rings. The third-order valence-corrected chi connectivity index (χ3v) is 3.14. The number of nitrogen functional groups attached to an aromatic ring is 1. The van der Waals surface area contributed by atoms with E-state index in [2.05, 4.69) is 39.2 Å². The molecule has 1 aromatic rings. The van der Waals surface area contributed by atoms with E-state index in [1.807, 2.05) is 6.07 Å². The molecule has 0 bridgehead atoms. The van der Waals surface area contributed by atoms with Gasteiger partial charge >= 0.3 is 0 Å². The molecular weight excluding hydrogens is 216 g/mol. The van der Waals surface area contributed by atoms with Crippen molar-refractivity contribution in [2.75, 3.05) is 37.0 Å². The summed E-state index contributed by atoms with van der Waals surface area (Å²) in [5.41, 5.74) is 2.56. The number of rotatable bonds is 2. The Bertz CT molecular complexity index is 369. The summed E-state index contributed by atoms with van der Waals surface area (Å²) in [6.45, 7) is 5.43. The average molecular weight is 236 g/mol. The molecule has 1 aliphatic heterocycles. The number of aromatic nitrogens is 2. The number of nitrogens with one attached hydrogen (secondary N) is 1. The lowest BCUT2D eigenvalue weighted by Gasteiger charge is -2.29. The molecule has 3 N–H and O–H groups in total. The lowest BCUT2D eigenvalue weighted by molar-refractivity contribution is 0.337. The molecule has 6 nitrogen and oxygen atoms in total. The molecule has 1 aromatic heterocycles. The Morgan fingerprint density at radius 1 is 1.41 bits per heavy atom. The van der Waals surface area contributed by atoms with Gasteiger partial charge in [-0.05, 0) is 26.9 Å². The maximum absolute atomic E-state index is 5.37. The molecule has 0 saturated carbocycles. The van der Waals surface area contributed by atoms with Gasteiger partial charge < -0.3 is 15.2 Å². The standard InChI is InChI=1S/C11H20N6/c1-9-7-16(2)4-3-5-17(9)11-6-10(15-12)13-8-14-11/h6,8-9H,3-5,7,12H2,1-2H3,(H,13,14,15). The van der Waals surface area contributed by atoms with Crippen LogP contribution in [0.1, 0.15) is 13.3 Å². The molecule has 1 unspecified atom stereocenters. The smallest absolute Gasteiger partial charge is 0.145 e. The highest BCUT2D eigenvalue weighted by atomic mass is 15.3. The van der Waals surface area contributed by atoms with E-state index >= 15 is 0 Å². The molecule has 6 heteroatoms. The second kappa shape index (κ2) is 5.29. The molecule has 0 radical (unpaired) electrons. The molecule has 0 spiro atoms. The Morgan fingerprint density at radius 3 is 3.00 bits per heavy atom. The zero-order chi connectivity index (χ0) is 12.3. The number of hydrogen-bond acceptors (Lipinski definition) is 6. The first-order valence-corrected chi connectivity index (χ1v) is 5.94. The highest BCUT2D eigenvalue weighted by Gasteiger charge is 2.20. The largest absolute Gasteiger partial charge is 0.352 e. The fourth-order valence-corrected chi connectivity index (χ4v) is 2.30. The molecule has 2 rings (SSSR count). The Hall–Kier alpha value is -1.40. The zero-order valence-corrected chi connectivity index (χ0v) is 10.4. The van der Waals surface area contributed by atoms with E-state index in [1.54, 1.807) is 6.33 Å². The van der Waals surface area contributed by atoms with Crippen molar-refractivity contribution in [3.63, 3.8) is 0 Å². The van der Waals surface area contributed by atoms with Crippen molar-refractivity contribution in [2.45, 2.75) is 19.4 Å². The predicted molar refractivity (Wildman–Crippen MR) is 68.8 cm³/mol. The fraction of sp³-hybridized carbons (Fsp3) is 0.636. The average Bonchev–Trinajstić information content (AvgIpc) is 2.50. The summed E-state index contributed by atoms with van der Waals surface area (Å²) in [7, 11) is 2.16. The third kappa shape index (κ3) is 2.83. The van der Waals surface area contributed by atoms with Crippen LogP contribution in [0.15, 0.2) is 12.4 Å². The second-order valence-corrected chi connectivity index (χ2v) is 4.56. The molecule has 17 heavy (non-hydrogen) atoms. The summed E-state index contributed by atoms with van der Waals surface area (Å²) in [4.78, 5) is 13.0. The number of anilines is 2. The van der Waals surface area contributed by atoms with E-state index in [-0.39, 0.29) is 0 Å². The molecule has 0 amide bonds. The lowest BCUT2D eigenvalue weighted by atomic mass is 10.2. The summed E-state index contributed by atoms with van der Waals surface area (Å²) >= 11 is 0. The first-order chi connectivity index (χ1) is 8.20. The molecule has 0 aliphatic carbocycles.